The molecule has 0 saturated heterocycles. The zero-order valence-electron chi connectivity index (χ0n) is 11.1. The van der Waals surface area contributed by atoms with Crippen LogP contribution in [0.3, 0.4) is 0 Å². The van der Waals surface area contributed by atoms with Crippen molar-refractivity contribution < 1.29 is 14.3 Å². The van der Waals surface area contributed by atoms with Crippen LogP contribution in [0.25, 0.3) is 0 Å². The summed E-state index contributed by atoms with van der Waals surface area (Å²) in [6.07, 6.45) is 2.71. The van der Waals surface area contributed by atoms with Gasteiger partial charge in [0.05, 0.1) is 13.0 Å². The zero-order chi connectivity index (χ0) is 14.7. The minimum absolute atomic E-state index is 0.0134. The van der Waals surface area contributed by atoms with Gasteiger partial charge in [0.15, 0.2) is 5.78 Å². The van der Waals surface area contributed by atoms with Gasteiger partial charge in [-0.2, -0.15) is 0 Å². The maximum Gasteiger partial charge on any atom is 0.308 e. The maximum absolute atomic E-state index is 12.4. The van der Waals surface area contributed by atoms with E-state index >= 15 is 0 Å². The van der Waals surface area contributed by atoms with E-state index in [0.717, 1.165) is 0 Å². The number of rotatable bonds is 3. The van der Waals surface area contributed by atoms with Gasteiger partial charge in [-0.25, -0.2) is 4.98 Å². The van der Waals surface area contributed by atoms with Gasteiger partial charge in [0.25, 0.3) is 0 Å². The van der Waals surface area contributed by atoms with Crippen molar-refractivity contribution in [2.75, 3.05) is 7.11 Å². The fourth-order valence-corrected chi connectivity index (χ4v) is 3.06. The molecule has 0 radical (unpaired) electrons. The van der Waals surface area contributed by atoms with Gasteiger partial charge in [0.2, 0.25) is 0 Å². The molecular formula is C14H15Cl2NO3. The van der Waals surface area contributed by atoms with Crippen LogP contribution in [0.2, 0.25) is 10.3 Å². The summed E-state index contributed by atoms with van der Waals surface area (Å²) in [5.74, 6) is -0.357. The molecule has 1 aromatic heterocycles. The molecule has 0 N–H and O–H groups in total. The molecule has 0 aliphatic heterocycles. The third-order valence-electron chi connectivity index (χ3n) is 3.68. The first-order valence-electron chi connectivity index (χ1n) is 6.46. The smallest absolute Gasteiger partial charge is 0.308 e. The van der Waals surface area contributed by atoms with E-state index < -0.39 is 0 Å². The van der Waals surface area contributed by atoms with E-state index in [-0.39, 0.29) is 33.9 Å². The van der Waals surface area contributed by atoms with Crippen LogP contribution in [0, 0.1) is 11.8 Å². The van der Waals surface area contributed by atoms with Crippen LogP contribution in [-0.2, 0) is 9.53 Å². The summed E-state index contributed by atoms with van der Waals surface area (Å²) in [7, 11) is 1.39. The van der Waals surface area contributed by atoms with Crippen molar-refractivity contribution in [2.24, 2.45) is 11.8 Å². The molecule has 108 valence electrons. The Bertz CT molecular complexity index is 505. The normalized spacial score (nSPS) is 22.4. The average molecular weight is 316 g/mol. The number of hydrogen-bond acceptors (Lipinski definition) is 4. The molecule has 1 saturated carbocycles. The molecule has 1 aromatic rings. The summed E-state index contributed by atoms with van der Waals surface area (Å²) < 4.78 is 4.73. The van der Waals surface area contributed by atoms with E-state index in [1.165, 1.54) is 19.2 Å². The number of aromatic nitrogens is 1. The van der Waals surface area contributed by atoms with Crippen LogP contribution < -0.4 is 0 Å². The van der Waals surface area contributed by atoms with E-state index in [9.17, 15) is 9.59 Å². The SMILES string of the molecule is COC(=O)C1CCC(C(=O)c2cc(Cl)nc(Cl)c2)CC1. The average Bonchev–Trinajstić information content (AvgIpc) is 2.45. The third-order valence-corrected chi connectivity index (χ3v) is 4.07. The first-order valence-corrected chi connectivity index (χ1v) is 7.22. The predicted molar refractivity (Wildman–Crippen MR) is 76.1 cm³/mol. The predicted octanol–water partition coefficient (Wildman–Crippen LogP) is 3.55. The summed E-state index contributed by atoms with van der Waals surface area (Å²) >= 11 is 11.6. The third kappa shape index (κ3) is 3.49. The topological polar surface area (TPSA) is 56.3 Å². The summed E-state index contributed by atoms with van der Waals surface area (Å²) in [6, 6.07) is 3.06. The molecule has 1 aliphatic rings. The van der Waals surface area contributed by atoms with Crippen molar-refractivity contribution in [3.05, 3.63) is 28.0 Å². The van der Waals surface area contributed by atoms with Crippen LogP contribution in [0.5, 0.6) is 0 Å². The molecule has 6 heteroatoms. The molecule has 20 heavy (non-hydrogen) atoms. The Morgan fingerprint density at radius 2 is 1.60 bits per heavy atom. The summed E-state index contributed by atoms with van der Waals surface area (Å²) in [5, 5.41) is 0.424. The number of halogens is 2. The van der Waals surface area contributed by atoms with E-state index in [0.29, 0.717) is 31.2 Å². The van der Waals surface area contributed by atoms with Crippen LogP contribution >= 0.6 is 23.2 Å². The number of hydrogen-bond donors (Lipinski definition) is 0. The lowest BCUT2D eigenvalue weighted by Gasteiger charge is -2.25. The zero-order valence-corrected chi connectivity index (χ0v) is 12.6. The van der Waals surface area contributed by atoms with Gasteiger partial charge in [-0.15, -0.1) is 0 Å². The van der Waals surface area contributed by atoms with Crippen LogP contribution in [0.15, 0.2) is 12.1 Å². The molecule has 0 unspecified atom stereocenters. The number of ether oxygens (including phenoxy) is 1. The minimum Gasteiger partial charge on any atom is -0.469 e. The lowest BCUT2D eigenvalue weighted by Crippen LogP contribution is -2.26. The Labute approximate surface area is 127 Å². The second-order valence-corrected chi connectivity index (χ2v) is 5.71. The number of pyridine rings is 1. The maximum atomic E-state index is 12.4. The monoisotopic (exact) mass is 315 g/mol. The highest BCUT2D eigenvalue weighted by Gasteiger charge is 2.31. The summed E-state index contributed by atoms with van der Waals surface area (Å²) in [5.41, 5.74) is 0.483. The number of Topliss-reactive ketones (excluding diaryl/α,β-unsaturated/α-hetero) is 1. The molecule has 4 nitrogen and oxygen atoms in total. The second kappa shape index (κ2) is 6.55. The molecule has 0 bridgehead atoms. The lowest BCUT2D eigenvalue weighted by molar-refractivity contribution is -0.146. The van der Waals surface area contributed by atoms with Crippen LogP contribution in [0.4, 0.5) is 0 Å². The van der Waals surface area contributed by atoms with Crippen molar-refractivity contribution in [1.82, 2.24) is 4.98 Å². The van der Waals surface area contributed by atoms with Gasteiger partial charge in [-0.05, 0) is 37.8 Å². The fraction of sp³-hybridized carbons (Fsp3) is 0.500. The molecular weight excluding hydrogens is 301 g/mol. The Morgan fingerprint density at radius 1 is 1.10 bits per heavy atom. The molecule has 0 amide bonds. The fourth-order valence-electron chi connectivity index (χ4n) is 2.60. The van der Waals surface area contributed by atoms with Crippen molar-refractivity contribution in [1.29, 1.82) is 0 Å². The quantitative estimate of drug-likeness (QED) is 0.486. The van der Waals surface area contributed by atoms with Crippen molar-refractivity contribution in [2.45, 2.75) is 25.7 Å². The highest BCUT2D eigenvalue weighted by atomic mass is 35.5. The molecule has 1 aliphatic carbocycles. The van der Waals surface area contributed by atoms with Gasteiger partial charge < -0.3 is 4.74 Å². The first-order chi connectivity index (χ1) is 9.51. The number of carbonyl (C=O) groups excluding carboxylic acids is 2. The number of carbonyl (C=O) groups is 2. The van der Waals surface area contributed by atoms with Crippen molar-refractivity contribution in [3.8, 4) is 0 Å². The summed E-state index contributed by atoms with van der Waals surface area (Å²) in [4.78, 5) is 27.7. The standard InChI is InChI=1S/C14H15Cl2NO3/c1-20-14(19)9-4-2-8(3-5-9)13(18)10-6-11(15)17-12(16)7-10/h6-9H,2-5H2,1H3. The molecule has 2 rings (SSSR count). The molecule has 1 fully saturated rings. The van der Waals surface area contributed by atoms with E-state index in [1.54, 1.807) is 0 Å². The van der Waals surface area contributed by atoms with Crippen molar-refractivity contribution >= 4 is 35.0 Å². The first kappa shape index (κ1) is 15.3. The van der Waals surface area contributed by atoms with Gasteiger partial charge in [0, 0.05) is 11.5 Å². The molecule has 0 aromatic carbocycles. The van der Waals surface area contributed by atoms with Gasteiger partial charge in [0.1, 0.15) is 10.3 Å². The largest absolute Gasteiger partial charge is 0.469 e. The molecule has 0 atom stereocenters. The van der Waals surface area contributed by atoms with E-state index in [1.807, 2.05) is 0 Å². The number of ketones is 1. The highest BCUT2D eigenvalue weighted by molar-refractivity contribution is 6.33. The second-order valence-electron chi connectivity index (χ2n) is 4.94. The lowest BCUT2D eigenvalue weighted by atomic mass is 9.79. The van der Waals surface area contributed by atoms with Gasteiger partial charge in [-0.3, -0.25) is 9.59 Å². The van der Waals surface area contributed by atoms with Crippen molar-refractivity contribution in [3.63, 3.8) is 0 Å². The Hall–Kier alpha value is -1.13. The molecule has 0 spiro atoms. The Balaban J connectivity index is 2.03. The van der Waals surface area contributed by atoms with Gasteiger partial charge in [-0.1, -0.05) is 23.2 Å². The highest BCUT2D eigenvalue weighted by Crippen LogP contribution is 2.32. The Kier molecular flexibility index (Phi) is 5.00. The number of nitrogens with zero attached hydrogens (tertiary/aromatic N) is 1. The summed E-state index contributed by atoms with van der Waals surface area (Å²) in [6.45, 7) is 0. The number of methoxy groups -OCH3 is 1. The molecule has 1 heterocycles. The van der Waals surface area contributed by atoms with E-state index in [2.05, 4.69) is 4.98 Å². The van der Waals surface area contributed by atoms with E-state index in [4.69, 9.17) is 27.9 Å². The minimum atomic E-state index is -0.189. The van der Waals surface area contributed by atoms with Gasteiger partial charge >= 0.3 is 5.97 Å². The Morgan fingerprint density at radius 3 is 2.10 bits per heavy atom. The van der Waals surface area contributed by atoms with Crippen LogP contribution in [-0.4, -0.2) is 23.8 Å². The number of esters is 1. The van der Waals surface area contributed by atoms with Crippen LogP contribution in [0.1, 0.15) is 36.0 Å².